The van der Waals surface area contributed by atoms with Gasteiger partial charge < -0.3 is 25.2 Å². The zero-order chi connectivity index (χ0) is 27.8. The van der Waals surface area contributed by atoms with E-state index >= 15 is 0 Å². The molecule has 1 fully saturated rings. The van der Waals surface area contributed by atoms with Gasteiger partial charge in [-0.2, -0.15) is 9.78 Å². The number of fused-ring (bicyclic) bond motifs is 1. The number of amides is 2. The Hall–Kier alpha value is -4.21. The lowest BCUT2D eigenvalue weighted by atomic mass is 9.82. The number of hydrogen-bond donors (Lipinski definition) is 3. The molecule has 1 saturated carbocycles. The van der Waals surface area contributed by atoms with Gasteiger partial charge in [0.05, 0.1) is 21.4 Å². The zero-order valence-electron chi connectivity index (χ0n) is 21.1. The summed E-state index contributed by atoms with van der Waals surface area (Å²) < 4.78 is 12.0. The molecule has 204 valence electrons. The van der Waals surface area contributed by atoms with Crippen molar-refractivity contribution in [2.75, 3.05) is 12.1 Å². The zero-order valence-corrected chi connectivity index (χ0v) is 22.6. The normalized spacial score (nSPS) is 14.1. The Morgan fingerprint density at radius 1 is 0.975 bits per heavy atom. The van der Waals surface area contributed by atoms with E-state index in [1.54, 1.807) is 48.5 Å². The molecule has 4 aromatic rings. The molecule has 3 aromatic carbocycles. The second-order valence-electron chi connectivity index (χ2n) is 9.66. The van der Waals surface area contributed by atoms with E-state index in [9.17, 15) is 14.7 Å². The van der Waals surface area contributed by atoms with Gasteiger partial charge in [-0.3, -0.25) is 4.79 Å². The van der Waals surface area contributed by atoms with Crippen molar-refractivity contribution in [1.29, 1.82) is 0 Å². The number of aromatic nitrogens is 2. The molecule has 9 nitrogen and oxygen atoms in total. The molecule has 11 heteroatoms. The first-order chi connectivity index (χ1) is 19.4. The summed E-state index contributed by atoms with van der Waals surface area (Å²) in [5, 5.41) is 21.9. The molecule has 2 aliphatic rings. The Labute approximate surface area is 239 Å². The van der Waals surface area contributed by atoms with Crippen LogP contribution in [0, 0.1) is 0 Å². The first kappa shape index (κ1) is 26.0. The van der Waals surface area contributed by atoms with Crippen LogP contribution in [0.15, 0.2) is 60.7 Å². The Morgan fingerprint density at radius 3 is 2.55 bits per heavy atom. The number of nitrogens with zero attached hydrogens (tertiary/aromatic N) is 2. The summed E-state index contributed by atoms with van der Waals surface area (Å²) in [6, 6.07) is 16.3. The van der Waals surface area contributed by atoms with Crippen LogP contribution >= 0.6 is 23.2 Å². The number of nitrogens with one attached hydrogen (secondary N) is 2. The number of aromatic hydroxyl groups is 1. The van der Waals surface area contributed by atoms with Crippen molar-refractivity contribution in [2.45, 2.75) is 31.7 Å². The van der Waals surface area contributed by atoms with Crippen LogP contribution in [-0.4, -0.2) is 33.6 Å². The van der Waals surface area contributed by atoms with E-state index < -0.39 is 0 Å². The number of hydrogen-bond acceptors (Lipinski definition) is 6. The van der Waals surface area contributed by atoms with Gasteiger partial charge in [-0.05, 0) is 66.9 Å². The molecule has 1 aliphatic carbocycles. The van der Waals surface area contributed by atoms with Gasteiger partial charge in [0.2, 0.25) is 6.79 Å². The van der Waals surface area contributed by atoms with Gasteiger partial charge in [-0.1, -0.05) is 35.7 Å². The summed E-state index contributed by atoms with van der Waals surface area (Å²) in [6.07, 6.45) is 3.00. The summed E-state index contributed by atoms with van der Waals surface area (Å²) in [7, 11) is 0. The maximum absolute atomic E-state index is 13.1. The van der Waals surface area contributed by atoms with Gasteiger partial charge in [-0.25, -0.2) is 4.79 Å². The van der Waals surface area contributed by atoms with E-state index in [0.717, 1.165) is 30.5 Å². The molecule has 1 aromatic heterocycles. The number of benzene rings is 3. The van der Waals surface area contributed by atoms with Gasteiger partial charge in [-0.15, -0.1) is 0 Å². The Morgan fingerprint density at radius 2 is 1.80 bits per heavy atom. The summed E-state index contributed by atoms with van der Waals surface area (Å²) >= 11 is 12.1. The third-order valence-electron chi connectivity index (χ3n) is 7.05. The number of ether oxygens (including phenoxy) is 2. The fraction of sp³-hybridized carbons (Fsp3) is 0.207. The highest BCUT2D eigenvalue weighted by molar-refractivity contribution is 6.42. The monoisotopic (exact) mass is 578 g/mol. The molecule has 0 unspecified atom stereocenters. The summed E-state index contributed by atoms with van der Waals surface area (Å²) in [6.45, 7) is 0.366. The maximum atomic E-state index is 13.1. The van der Waals surface area contributed by atoms with Crippen molar-refractivity contribution in [3.63, 3.8) is 0 Å². The van der Waals surface area contributed by atoms with Crippen molar-refractivity contribution < 1.29 is 24.2 Å². The molecule has 6 rings (SSSR count). The number of carbonyl (C=O) groups is 2. The molecule has 1 aliphatic heterocycles. The first-order valence-electron chi connectivity index (χ1n) is 12.7. The lowest BCUT2D eigenvalue weighted by Crippen LogP contribution is -2.31. The number of carbonyl (C=O) groups excluding carboxylic acids is 2. The lowest BCUT2D eigenvalue weighted by Gasteiger charge is -2.25. The largest absolute Gasteiger partial charge is 0.507 e. The number of halogens is 2. The minimum Gasteiger partial charge on any atom is -0.507 e. The second-order valence-corrected chi connectivity index (χ2v) is 10.5. The summed E-state index contributed by atoms with van der Waals surface area (Å²) in [5.74, 6) is 0.858. The molecular formula is C29H24Cl2N4O5. The molecule has 40 heavy (non-hydrogen) atoms. The number of anilines is 1. The number of rotatable bonds is 6. The topological polar surface area (TPSA) is 115 Å². The molecule has 0 atom stereocenters. The third kappa shape index (κ3) is 5.17. The van der Waals surface area contributed by atoms with Crippen LogP contribution in [0.1, 0.15) is 46.8 Å². The van der Waals surface area contributed by atoms with E-state index in [1.807, 2.05) is 6.07 Å². The Bertz CT molecular complexity index is 1630. The standard InChI is InChI=1S/C29H24Cl2N4O5/c30-21-8-4-16(10-22(21)31)14-32-29(38)35-24(17-2-1-3-17)13-23(34-35)20-7-6-19(12-25(20)36)33-28(37)18-5-9-26-27(11-18)40-15-39-26/h4-13,17,36H,1-3,14-15H2,(H,32,38)(H,33,37). The molecule has 3 N–H and O–H groups in total. The number of phenolic OH excluding ortho intramolecular Hbond substituents is 1. The van der Waals surface area contributed by atoms with Gasteiger partial charge in [0.25, 0.3) is 5.91 Å². The SMILES string of the molecule is O=C(Nc1ccc(-c2cc(C3CCC3)n(C(=O)NCc3ccc(Cl)c(Cl)c3)n2)c(O)c1)c1ccc2c(c1)OCO2. The van der Waals surface area contributed by atoms with Crippen LogP contribution < -0.4 is 20.1 Å². The fourth-order valence-electron chi connectivity index (χ4n) is 4.65. The Kier molecular flexibility index (Phi) is 7.00. The summed E-state index contributed by atoms with van der Waals surface area (Å²) in [4.78, 5) is 25.9. The molecule has 0 saturated heterocycles. The average Bonchev–Trinajstić information content (AvgIpc) is 3.55. The lowest BCUT2D eigenvalue weighted by molar-refractivity contribution is 0.102. The maximum Gasteiger partial charge on any atom is 0.342 e. The highest BCUT2D eigenvalue weighted by Gasteiger charge is 2.28. The predicted octanol–water partition coefficient (Wildman–Crippen LogP) is 6.57. The molecule has 0 radical (unpaired) electrons. The van der Waals surface area contributed by atoms with E-state index in [0.29, 0.717) is 44.1 Å². The quantitative estimate of drug-likeness (QED) is 0.238. The smallest absolute Gasteiger partial charge is 0.342 e. The van der Waals surface area contributed by atoms with Gasteiger partial charge in [0.1, 0.15) is 5.75 Å². The minimum absolute atomic E-state index is 0.0792. The van der Waals surface area contributed by atoms with E-state index in [4.69, 9.17) is 32.7 Å². The van der Waals surface area contributed by atoms with Crippen molar-refractivity contribution in [3.8, 4) is 28.5 Å². The third-order valence-corrected chi connectivity index (χ3v) is 7.79. The second kappa shape index (κ2) is 10.7. The van der Waals surface area contributed by atoms with Gasteiger partial charge in [0, 0.05) is 35.3 Å². The first-order valence-corrected chi connectivity index (χ1v) is 13.5. The molecular weight excluding hydrogens is 555 g/mol. The van der Waals surface area contributed by atoms with E-state index in [2.05, 4.69) is 15.7 Å². The highest BCUT2D eigenvalue weighted by atomic mass is 35.5. The van der Waals surface area contributed by atoms with E-state index in [1.165, 1.54) is 10.7 Å². The Balaban J connectivity index is 1.20. The number of phenols is 1. The minimum atomic E-state index is -0.383. The van der Waals surface area contributed by atoms with Gasteiger partial charge in [0.15, 0.2) is 11.5 Å². The van der Waals surface area contributed by atoms with Crippen LogP contribution in [-0.2, 0) is 6.54 Å². The molecule has 0 bridgehead atoms. The molecule has 0 spiro atoms. The van der Waals surface area contributed by atoms with Crippen molar-refractivity contribution in [2.24, 2.45) is 0 Å². The van der Waals surface area contributed by atoms with Crippen molar-refractivity contribution in [3.05, 3.63) is 87.5 Å². The van der Waals surface area contributed by atoms with Crippen molar-refractivity contribution >= 4 is 40.8 Å². The van der Waals surface area contributed by atoms with Crippen LogP contribution in [0.5, 0.6) is 17.2 Å². The predicted molar refractivity (Wildman–Crippen MR) is 151 cm³/mol. The molecule has 2 amide bonds. The van der Waals surface area contributed by atoms with Gasteiger partial charge >= 0.3 is 6.03 Å². The highest BCUT2D eigenvalue weighted by Crippen LogP contribution is 2.39. The van der Waals surface area contributed by atoms with E-state index in [-0.39, 0.29) is 36.9 Å². The molecule has 2 heterocycles. The average molecular weight is 579 g/mol. The van der Waals surface area contributed by atoms with Crippen LogP contribution in [0.2, 0.25) is 10.0 Å². The van der Waals surface area contributed by atoms with Crippen LogP contribution in [0.4, 0.5) is 10.5 Å². The summed E-state index contributed by atoms with van der Waals surface area (Å²) in [5.41, 5.74) is 3.28. The van der Waals surface area contributed by atoms with Crippen LogP contribution in [0.3, 0.4) is 0 Å². The fourth-order valence-corrected chi connectivity index (χ4v) is 4.97. The van der Waals surface area contributed by atoms with Crippen molar-refractivity contribution in [1.82, 2.24) is 15.1 Å². The van der Waals surface area contributed by atoms with Crippen LogP contribution in [0.25, 0.3) is 11.3 Å².